The van der Waals surface area contributed by atoms with E-state index in [0.717, 1.165) is 6.54 Å². The molecule has 0 heterocycles. The summed E-state index contributed by atoms with van der Waals surface area (Å²) in [5, 5.41) is 5.69. The van der Waals surface area contributed by atoms with Crippen LogP contribution in [-0.4, -0.2) is 44.5 Å². The van der Waals surface area contributed by atoms with Crippen molar-refractivity contribution in [2.24, 2.45) is 0 Å². The fourth-order valence-electron chi connectivity index (χ4n) is 1.43. The SMILES string of the molecule is CN(C)CCNC(=O)CNCc1ccccc1F. The van der Waals surface area contributed by atoms with Gasteiger partial charge in [-0.2, -0.15) is 0 Å². The molecule has 1 amide bonds. The summed E-state index contributed by atoms with van der Waals surface area (Å²) in [6.07, 6.45) is 0. The molecule has 0 aliphatic rings. The lowest BCUT2D eigenvalue weighted by atomic mass is 10.2. The van der Waals surface area contributed by atoms with Crippen LogP contribution < -0.4 is 10.6 Å². The molecule has 2 N–H and O–H groups in total. The molecule has 1 aromatic carbocycles. The Morgan fingerprint density at radius 2 is 2.06 bits per heavy atom. The van der Waals surface area contributed by atoms with Crippen molar-refractivity contribution in [3.63, 3.8) is 0 Å². The molecule has 5 heteroatoms. The Hall–Kier alpha value is -1.46. The van der Waals surface area contributed by atoms with Crippen molar-refractivity contribution in [1.29, 1.82) is 0 Å². The molecule has 0 aliphatic heterocycles. The van der Waals surface area contributed by atoms with E-state index >= 15 is 0 Å². The highest BCUT2D eigenvalue weighted by atomic mass is 19.1. The maximum atomic E-state index is 13.3. The number of carbonyl (C=O) groups excluding carboxylic acids is 1. The molecule has 0 saturated carbocycles. The first-order valence-electron chi connectivity index (χ1n) is 5.95. The number of benzene rings is 1. The summed E-state index contributed by atoms with van der Waals surface area (Å²) in [6, 6.07) is 6.53. The summed E-state index contributed by atoms with van der Waals surface area (Å²) >= 11 is 0. The highest BCUT2D eigenvalue weighted by Crippen LogP contribution is 2.04. The van der Waals surface area contributed by atoms with Gasteiger partial charge < -0.3 is 15.5 Å². The molecule has 0 atom stereocenters. The van der Waals surface area contributed by atoms with Crippen LogP contribution in [-0.2, 0) is 11.3 Å². The van der Waals surface area contributed by atoms with E-state index in [-0.39, 0.29) is 18.3 Å². The summed E-state index contributed by atoms with van der Waals surface area (Å²) in [4.78, 5) is 13.4. The predicted octanol–water partition coefficient (Wildman–Crippen LogP) is 0.593. The van der Waals surface area contributed by atoms with Crippen molar-refractivity contribution in [2.45, 2.75) is 6.54 Å². The van der Waals surface area contributed by atoms with Crippen molar-refractivity contribution in [3.8, 4) is 0 Å². The number of nitrogens with one attached hydrogen (secondary N) is 2. The van der Waals surface area contributed by atoms with Crippen LogP contribution in [0.15, 0.2) is 24.3 Å². The zero-order valence-corrected chi connectivity index (χ0v) is 10.9. The second-order valence-corrected chi connectivity index (χ2v) is 4.35. The molecule has 0 fully saturated rings. The lowest BCUT2D eigenvalue weighted by molar-refractivity contribution is -0.120. The molecule has 0 bridgehead atoms. The van der Waals surface area contributed by atoms with E-state index in [0.29, 0.717) is 18.7 Å². The summed E-state index contributed by atoms with van der Waals surface area (Å²) < 4.78 is 13.3. The van der Waals surface area contributed by atoms with Gasteiger partial charge in [-0.25, -0.2) is 4.39 Å². The number of nitrogens with zero attached hydrogens (tertiary/aromatic N) is 1. The Kier molecular flexibility index (Phi) is 6.32. The Bertz CT molecular complexity index is 382. The van der Waals surface area contributed by atoms with Gasteiger partial charge in [-0.3, -0.25) is 4.79 Å². The number of hydrogen-bond donors (Lipinski definition) is 2. The third kappa shape index (κ3) is 5.75. The largest absolute Gasteiger partial charge is 0.354 e. The molecule has 0 aromatic heterocycles. The van der Waals surface area contributed by atoms with Gasteiger partial charge in [0.25, 0.3) is 0 Å². The molecule has 1 aromatic rings. The Labute approximate surface area is 107 Å². The fraction of sp³-hybridized carbons (Fsp3) is 0.462. The van der Waals surface area contributed by atoms with Crippen molar-refractivity contribution in [2.75, 3.05) is 33.7 Å². The van der Waals surface area contributed by atoms with Crippen LogP contribution in [0.5, 0.6) is 0 Å². The third-order valence-electron chi connectivity index (χ3n) is 2.44. The van der Waals surface area contributed by atoms with Gasteiger partial charge in [-0.05, 0) is 20.2 Å². The van der Waals surface area contributed by atoms with E-state index in [1.54, 1.807) is 18.2 Å². The van der Waals surface area contributed by atoms with Gasteiger partial charge in [-0.1, -0.05) is 18.2 Å². The summed E-state index contributed by atoms with van der Waals surface area (Å²) in [7, 11) is 3.89. The third-order valence-corrected chi connectivity index (χ3v) is 2.44. The Morgan fingerprint density at radius 3 is 2.72 bits per heavy atom. The summed E-state index contributed by atoms with van der Waals surface area (Å²) in [6.45, 7) is 1.97. The smallest absolute Gasteiger partial charge is 0.234 e. The van der Waals surface area contributed by atoms with E-state index in [1.807, 2.05) is 19.0 Å². The van der Waals surface area contributed by atoms with Crippen molar-refractivity contribution in [3.05, 3.63) is 35.6 Å². The van der Waals surface area contributed by atoms with E-state index < -0.39 is 0 Å². The topological polar surface area (TPSA) is 44.4 Å². The Morgan fingerprint density at radius 1 is 1.33 bits per heavy atom. The van der Waals surface area contributed by atoms with Crippen LogP contribution in [0, 0.1) is 5.82 Å². The number of halogens is 1. The molecule has 0 aliphatic carbocycles. The van der Waals surface area contributed by atoms with Gasteiger partial charge in [0.15, 0.2) is 0 Å². The van der Waals surface area contributed by atoms with Gasteiger partial charge in [0, 0.05) is 25.2 Å². The van der Waals surface area contributed by atoms with Gasteiger partial charge >= 0.3 is 0 Å². The molecule has 0 spiro atoms. The summed E-state index contributed by atoms with van der Waals surface area (Å²) in [5.74, 6) is -0.328. The summed E-state index contributed by atoms with van der Waals surface area (Å²) in [5.41, 5.74) is 0.568. The van der Waals surface area contributed by atoms with Gasteiger partial charge in [0.2, 0.25) is 5.91 Å². The maximum Gasteiger partial charge on any atom is 0.234 e. The fourth-order valence-corrected chi connectivity index (χ4v) is 1.43. The number of rotatable bonds is 7. The van der Waals surface area contributed by atoms with Gasteiger partial charge in [0.05, 0.1) is 6.54 Å². The van der Waals surface area contributed by atoms with Crippen LogP contribution in [0.2, 0.25) is 0 Å². The van der Waals surface area contributed by atoms with E-state index in [9.17, 15) is 9.18 Å². The standard InChI is InChI=1S/C13H20FN3O/c1-17(2)8-7-16-13(18)10-15-9-11-5-3-4-6-12(11)14/h3-6,15H,7-10H2,1-2H3,(H,16,18). The monoisotopic (exact) mass is 253 g/mol. The first kappa shape index (κ1) is 14.6. The zero-order chi connectivity index (χ0) is 13.4. The minimum absolute atomic E-state index is 0.0758. The minimum atomic E-state index is -0.252. The second kappa shape index (κ2) is 7.79. The molecule has 18 heavy (non-hydrogen) atoms. The molecule has 0 radical (unpaired) electrons. The number of hydrogen-bond acceptors (Lipinski definition) is 3. The molecule has 0 unspecified atom stereocenters. The lowest BCUT2D eigenvalue weighted by Gasteiger charge is -2.11. The Balaban J connectivity index is 2.18. The second-order valence-electron chi connectivity index (χ2n) is 4.35. The highest BCUT2D eigenvalue weighted by molar-refractivity contribution is 5.77. The predicted molar refractivity (Wildman–Crippen MR) is 69.7 cm³/mol. The maximum absolute atomic E-state index is 13.3. The van der Waals surface area contributed by atoms with Crippen molar-refractivity contribution in [1.82, 2.24) is 15.5 Å². The van der Waals surface area contributed by atoms with E-state index in [1.165, 1.54) is 6.07 Å². The van der Waals surface area contributed by atoms with Crippen LogP contribution in [0.3, 0.4) is 0 Å². The number of amides is 1. The number of likely N-dealkylation sites (N-methyl/N-ethyl adjacent to an activating group) is 1. The van der Waals surface area contributed by atoms with E-state index in [4.69, 9.17) is 0 Å². The average Bonchev–Trinajstić information content (AvgIpc) is 2.31. The first-order valence-corrected chi connectivity index (χ1v) is 5.95. The quantitative estimate of drug-likeness (QED) is 0.747. The normalized spacial score (nSPS) is 10.7. The van der Waals surface area contributed by atoms with Crippen molar-refractivity contribution >= 4 is 5.91 Å². The van der Waals surface area contributed by atoms with Crippen LogP contribution in [0.25, 0.3) is 0 Å². The molecule has 4 nitrogen and oxygen atoms in total. The molecule has 100 valence electrons. The average molecular weight is 253 g/mol. The first-order chi connectivity index (χ1) is 8.59. The van der Waals surface area contributed by atoms with Crippen LogP contribution in [0.1, 0.15) is 5.56 Å². The van der Waals surface area contributed by atoms with Crippen molar-refractivity contribution < 1.29 is 9.18 Å². The zero-order valence-electron chi connectivity index (χ0n) is 10.9. The van der Waals surface area contributed by atoms with Crippen LogP contribution in [0.4, 0.5) is 4.39 Å². The molecule has 1 rings (SSSR count). The molecular formula is C13H20FN3O. The van der Waals surface area contributed by atoms with Crippen LogP contribution >= 0.6 is 0 Å². The van der Waals surface area contributed by atoms with E-state index in [2.05, 4.69) is 10.6 Å². The lowest BCUT2D eigenvalue weighted by Crippen LogP contribution is -2.37. The molecular weight excluding hydrogens is 233 g/mol. The highest BCUT2D eigenvalue weighted by Gasteiger charge is 2.03. The number of carbonyl (C=O) groups is 1. The molecule has 0 saturated heterocycles. The minimum Gasteiger partial charge on any atom is -0.354 e. The van der Waals surface area contributed by atoms with Gasteiger partial charge in [-0.15, -0.1) is 0 Å². The van der Waals surface area contributed by atoms with Gasteiger partial charge in [0.1, 0.15) is 5.82 Å².